The van der Waals surface area contributed by atoms with Gasteiger partial charge in [0.1, 0.15) is 17.5 Å². The quantitative estimate of drug-likeness (QED) is 0.432. The van der Waals surface area contributed by atoms with E-state index in [2.05, 4.69) is 15.5 Å². The molecule has 1 aliphatic carbocycles. The van der Waals surface area contributed by atoms with Gasteiger partial charge in [-0.05, 0) is 74.2 Å². The van der Waals surface area contributed by atoms with Gasteiger partial charge in [-0.1, -0.05) is 50.7 Å². The molecule has 7 nitrogen and oxygen atoms in total. The van der Waals surface area contributed by atoms with E-state index in [4.69, 9.17) is 4.74 Å². The largest absolute Gasteiger partial charge is 0.507 e. The predicted molar refractivity (Wildman–Crippen MR) is 146 cm³/mol. The standard InChI is InChI=1S/C30H41N3O4/c1-37-25-13-10-23(11-14-25)26-21-24(12-15-28(26)34)29(35)32-27(20-22-8-4-2-5-9-22)30(36)31-16-19-33-17-6-3-7-18-33/h10-15,21-22,27,34H,2-9,16-20H2,1H3,(H,31,36)(H,32,35)/t27-/m0/s1. The van der Waals surface area contributed by atoms with E-state index in [0.29, 0.717) is 35.8 Å². The molecule has 2 aliphatic rings. The average molecular weight is 508 g/mol. The molecule has 200 valence electrons. The Morgan fingerprint density at radius 2 is 1.70 bits per heavy atom. The Morgan fingerprint density at radius 3 is 2.41 bits per heavy atom. The Kier molecular flexibility index (Phi) is 9.83. The zero-order chi connectivity index (χ0) is 26.0. The van der Waals surface area contributed by atoms with E-state index in [9.17, 15) is 14.7 Å². The molecule has 0 radical (unpaired) electrons. The van der Waals surface area contributed by atoms with Gasteiger partial charge in [-0.2, -0.15) is 0 Å². The minimum atomic E-state index is -0.574. The van der Waals surface area contributed by atoms with Gasteiger partial charge in [0.15, 0.2) is 0 Å². The van der Waals surface area contributed by atoms with Crippen LogP contribution in [-0.4, -0.2) is 61.2 Å². The lowest BCUT2D eigenvalue weighted by Crippen LogP contribution is -2.49. The van der Waals surface area contributed by atoms with Gasteiger partial charge < -0.3 is 25.4 Å². The van der Waals surface area contributed by atoms with Crippen LogP contribution in [0.15, 0.2) is 42.5 Å². The molecular formula is C30H41N3O4. The number of carbonyl (C=O) groups excluding carboxylic acids is 2. The summed E-state index contributed by atoms with van der Waals surface area (Å²) < 4.78 is 5.22. The molecule has 2 amide bonds. The number of methoxy groups -OCH3 is 1. The minimum Gasteiger partial charge on any atom is -0.507 e. The summed E-state index contributed by atoms with van der Waals surface area (Å²) in [6.07, 6.45) is 10.2. The zero-order valence-electron chi connectivity index (χ0n) is 22.0. The highest BCUT2D eigenvalue weighted by atomic mass is 16.5. The van der Waals surface area contributed by atoms with Gasteiger partial charge in [0.05, 0.1) is 7.11 Å². The molecule has 1 aliphatic heterocycles. The van der Waals surface area contributed by atoms with Crippen LogP contribution in [0, 0.1) is 5.92 Å². The van der Waals surface area contributed by atoms with Crippen molar-refractivity contribution in [1.29, 1.82) is 0 Å². The van der Waals surface area contributed by atoms with Gasteiger partial charge in [-0.3, -0.25) is 9.59 Å². The summed E-state index contributed by atoms with van der Waals surface area (Å²) in [5.41, 5.74) is 1.76. The number of nitrogens with one attached hydrogen (secondary N) is 2. The van der Waals surface area contributed by atoms with E-state index in [1.54, 1.807) is 19.2 Å². The molecule has 2 fully saturated rings. The maximum atomic E-state index is 13.3. The molecule has 1 heterocycles. The molecule has 2 aromatic carbocycles. The van der Waals surface area contributed by atoms with Crippen LogP contribution in [-0.2, 0) is 4.79 Å². The Labute approximate surface area is 220 Å². The fourth-order valence-corrected chi connectivity index (χ4v) is 5.55. The van der Waals surface area contributed by atoms with Crippen LogP contribution in [0.3, 0.4) is 0 Å². The van der Waals surface area contributed by atoms with Crippen LogP contribution in [0.1, 0.15) is 68.1 Å². The van der Waals surface area contributed by atoms with Gasteiger partial charge >= 0.3 is 0 Å². The highest BCUT2D eigenvalue weighted by molar-refractivity contribution is 5.99. The molecule has 3 N–H and O–H groups in total. The predicted octanol–water partition coefficient (Wildman–Crippen LogP) is 4.74. The normalized spacial score (nSPS) is 17.6. The third kappa shape index (κ3) is 7.71. The third-order valence-electron chi connectivity index (χ3n) is 7.75. The van der Waals surface area contributed by atoms with Crippen molar-refractivity contribution < 1.29 is 19.4 Å². The Morgan fingerprint density at radius 1 is 1.00 bits per heavy atom. The fraction of sp³-hybridized carbons (Fsp3) is 0.533. The number of rotatable bonds is 10. The van der Waals surface area contributed by atoms with Crippen LogP contribution in [0.5, 0.6) is 11.5 Å². The van der Waals surface area contributed by atoms with Crippen molar-refractivity contribution in [3.8, 4) is 22.6 Å². The smallest absolute Gasteiger partial charge is 0.251 e. The van der Waals surface area contributed by atoms with Crippen molar-refractivity contribution in [2.45, 2.75) is 63.8 Å². The Hall–Kier alpha value is -3.06. The lowest BCUT2D eigenvalue weighted by atomic mass is 9.84. The maximum Gasteiger partial charge on any atom is 0.251 e. The number of amides is 2. The number of hydrogen-bond acceptors (Lipinski definition) is 5. The first-order valence-corrected chi connectivity index (χ1v) is 13.8. The molecule has 1 atom stereocenters. The molecule has 1 saturated heterocycles. The first kappa shape index (κ1) is 27.0. The molecule has 4 rings (SSSR count). The number of likely N-dealkylation sites (tertiary alicyclic amines) is 1. The van der Waals surface area contributed by atoms with Crippen molar-refractivity contribution in [3.63, 3.8) is 0 Å². The first-order valence-electron chi connectivity index (χ1n) is 13.8. The van der Waals surface area contributed by atoms with Crippen molar-refractivity contribution >= 4 is 11.8 Å². The number of benzene rings is 2. The highest BCUT2D eigenvalue weighted by Gasteiger charge is 2.26. The number of piperidine rings is 1. The molecule has 2 aromatic rings. The average Bonchev–Trinajstić information content (AvgIpc) is 2.94. The molecule has 7 heteroatoms. The van der Waals surface area contributed by atoms with Gasteiger partial charge in [-0.15, -0.1) is 0 Å². The summed E-state index contributed by atoms with van der Waals surface area (Å²) in [6.45, 7) is 3.63. The monoisotopic (exact) mass is 507 g/mol. The highest BCUT2D eigenvalue weighted by Crippen LogP contribution is 2.32. The summed E-state index contributed by atoms with van der Waals surface area (Å²) in [7, 11) is 1.60. The van der Waals surface area contributed by atoms with E-state index in [0.717, 1.165) is 38.0 Å². The lowest BCUT2D eigenvalue weighted by molar-refractivity contribution is -0.123. The topological polar surface area (TPSA) is 90.9 Å². The van der Waals surface area contributed by atoms with Crippen molar-refractivity contribution in [3.05, 3.63) is 48.0 Å². The number of hydrogen-bond donors (Lipinski definition) is 3. The molecule has 37 heavy (non-hydrogen) atoms. The first-order chi connectivity index (χ1) is 18.0. The summed E-state index contributed by atoms with van der Waals surface area (Å²) in [5, 5.41) is 16.6. The Bertz CT molecular complexity index is 1030. The van der Waals surface area contributed by atoms with Crippen LogP contribution < -0.4 is 15.4 Å². The van der Waals surface area contributed by atoms with Gasteiger partial charge in [0, 0.05) is 24.2 Å². The van der Waals surface area contributed by atoms with E-state index >= 15 is 0 Å². The van der Waals surface area contributed by atoms with Crippen molar-refractivity contribution in [1.82, 2.24) is 15.5 Å². The summed E-state index contributed by atoms with van der Waals surface area (Å²) in [5.74, 6) is 0.846. The van der Waals surface area contributed by atoms with Crippen molar-refractivity contribution in [2.75, 3.05) is 33.3 Å². The second kappa shape index (κ2) is 13.5. The molecular weight excluding hydrogens is 466 g/mol. The number of nitrogens with zero attached hydrogens (tertiary/aromatic N) is 1. The zero-order valence-corrected chi connectivity index (χ0v) is 22.0. The minimum absolute atomic E-state index is 0.0935. The molecule has 0 spiro atoms. The second-order valence-electron chi connectivity index (χ2n) is 10.4. The molecule has 1 saturated carbocycles. The lowest BCUT2D eigenvalue weighted by Gasteiger charge is -2.28. The summed E-state index contributed by atoms with van der Waals surface area (Å²) in [6, 6.07) is 11.6. The van der Waals surface area contributed by atoms with E-state index in [1.807, 2.05) is 24.3 Å². The third-order valence-corrected chi connectivity index (χ3v) is 7.75. The molecule has 0 unspecified atom stereocenters. The number of ether oxygens (including phenoxy) is 1. The number of phenols is 1. The van der Waals surface area contributed by atoms with Gasteiger partial charge in [0.25, 0.3) is 5.91 Å². The number of aromatic hydroxyl groups is 1. The SMILES string of the molecule is COc1ccc(-c2cc(C(=O)N[C@@H](CC3CCCCC3)C(=O)NCCN3CCCCC3)ccc2O)cc1. The van der Waals surface area contributed by atoms with E-state index in [1.165, 1.54) is 44.6 Å². The summed E-state index contributed by atoms with van der Waals surface area (Å²) in [4.78, 5) is 28.9. The van der Waals surface area contributed by atoms with E-state index < -0.39 is 6.04 Å². The Balaban J connectivity index is 1.43. The number of carbonyl (C=O) groups is 2. The maximum absolute atomic E-state index is 13.3. The molecule has 0 aromatic heterocycles. The number of phenolic OH excluding ortho intramolecular Hbond substituents is 1. The molecule has 0 bridgehead atoms. The van der Waals surface area contributed by atoms with Crippen LogP contribution in [0.2, 0.25) is 0 Å². The van der Waals surface area contributed by atoms with Gasteiger partial charge in [-0.25, -0.2) is 0 Å². The van der Waals surface area contributed by atoms with Crippen LogP contribution in [0.25, 0.3) is 11.1 Å². The van der Waals surface area contributed by atoms with E-state index in [-0.39, 0.29) is 17.6 Å². The summed E-state index contributed by atoms with van der Waals surface area (Å²) >= 11 is 0. The van der Waals surface area contributed by atoms with Crippen LogP contribution in [0.4, 0.5) is 0 Å². The van der Waals surface area contributed by atoms with Crippen LogP contribution >= 0.6 is 0 Å². The van der Waals surface area contributed by atoms with Crippen molar-refractivity contribution in [2.24, 2.45) is 5.92 Å². The second-order valence-corrected chi connectivity index (χ2v) is 10.4. The fourth-order valence-electron chi connectivity index (χ4n) is 5.55. The van der Waals surface area contributed by atoms with Gasteiger partial charge in [0.2, 0.25) is 5.91 Å².